The molecule has 0 unspecified atom stereocenters. The Morgan fingerprint density at radius 3 is 3.09 bits per heavy atom. The van der Waals surface area contributed by atoms with Crippen molar-refractivity contribution in [2.24, 2.45) is 0 Å². The molecule has 2 aliphatic heterocycles. The monoisotopic (exact) mass is 261 g/mol. The summed E-state index contributed by atoms with van der Waals surface area (Å²) in [6.07, 6.45) is 0. The van der Waals surface area contributed by atoms with Crippen LogP contribution in [0.1, 0.15) is 0 Å². The van der Waals surface area contributed by atoms with Gasteiger partial charge in [-0.25, -0.2) is 4.98 Å². The van der Waals surface area contributed by atoms with Crippen LogP contribution in [-0.4, -0.2) is 20.4 Å². The minimum Gasteiger partial charge on any atom is -0.380 e. The summed E-state index contributed by atoms with van der Waals surface area (Å²) in [5.74, 6) is 0.363. The maximum Gasteiger partial charge on any atom is 0.176 e. The first kappa shape index (κ1) is 6.77. The van der Waals surface area contributed by atoms with E-state index in [1.807, 2.05) is 6.07 Å². The molecule has 0 radical (unpaired) electrons. The molecule has 0 aromatic heterocycles. The van der Waals surface area contributed by atoms with E-state index in [9.17, 15) is 0 Å². The molecule has 0 aromatic carbocycles. The van der Waals surface area contributed by atoms with Gasteiger partial charge in [0.05, 0.1) is 5.69 Å². The van der Waals surface area contributed by atoms with Crippen LogP contribution >= 0.6 is 22.6 Å². The number of hydrogen-bond donors (Lipinski definition) is 2. The Labute approximate surface area is 75.9 Å². The third-order valence-corrected chi connectivity index (χ3v) is 1.86. The third kappa shape index (κ3) is 1.02. The van der Waals surface area contributed by atoms with Crippen molar-refractivity contribution in [1.29, 1.82) is 0 Å². The Hall–Kier alpha value is -0.920. The van der Waals surface area contributed by atoms with Crippen molar-refractivity contribution in [1.82, 2.24) is 20.4 Å². The van der Waals surface area contributed by atoms with E-state index in [1.165, 1.54) is 0 Å². The predicted octanol–water partition coefficient (Wildman–Crippen LogP) is 0.491. The number of fused-ring (bicyclic) bond motifs is 1. The number of nitrogens with two attached hydrogens (primary N) is 1. The van der Waals surface area contributed by atoms with Gasteiger partial charge in [-0.2, -0.15) is 0 Å². The van der Waals surface area contributed by atoms with Crippen molar-refractivity contribution >= 4 is 28.4 Å². The Kier molecular flexibility index (Phi) is 1.41. The molecule has 0 saturated carbocycles. The molecular formula is C5H4IN5. The summed E-state index contributed by atoms with van der Waals surface area (Å²) in [6, 6.07) is 1.86. The predicted molar refractivity (Wildman–Crippen MR) is 47.9 cm³/mol. The molecule has 6 heteroatoms. The van der Waals surface area contributed by atoms with Crippen LogP contribution in [-0.2, 0) is 0 Å². The minimum atomic E-state index is 0.363. The van der Waals surface area contributed by atoms with Crippen LogP contribution in [0, 0.1) is 3.70 Å². The van der Waals surface area contributed by atoms with Gasteiger partial charge in [-0.15, -0.1) is 5.10 Å². The molecule has 0 amide bonds. The second-order valence-electron chi connectivity index (χ2n) is 2.04. The maximum absolute atomic E-state index is 5.51. The Balaban J connectivity index is 2.78. The van der Waals surface area contributed by atoms with Gasteiger partial charge in [0.1, 0.15) is 9.39 Å². The van der Waals surface area contributed by atoms with E-state index < -0.39 is 0 Å². The molecule has 3 N–H and O–H groups in total. The van der Waals surface area contributed by atoms with E-state index in [2.05, 4.69) is 43.0 Å². The van der Waals surface area contributed by atoms with E-state index in [0.717, 1.165) is 9.39 Å². The first-order chi connectivity index (χ1) is 5.27. The van der Waals surface area contributed by atoms with Crippen molar-refractivity contribution in [3.05, 3.63) is 9.77 Å². The minimum absolute atomic E-state index is 0.363. The first-order valence-corrected chi connectivity index (χ1v) is 3.98. The highest BCUT2D eigenvalue weighted by atomic mass is 127. The van der Waals surface area contributed by atoms with E-state index in [1.54, 1.807) is 0 Å². The van der Waals surface area contributed by atoms with E-state index in [0.29, 0.717) is 11.5 Å². The Bertz CT molecular complexity index is 356. The fourth-order valence-electron chi connectivity index (χ4n) is 0.847. The van der Waals surface area contributed by atoms with Crippen molar-refractivity contribution in [2.75, 3.05) is 5.73 Å². The number of halogens is 1. The second-order valence-corrected chi connectivity index (χ2v) is 3.14. The van der Waals surface area contributed by atoms with E-state index in [-0.39, 0.29) is 0 Å². The standard InChI is InChI=1S/C5H4IN5/c6-3-1-2-4(8-3)5(7)10-11-9-2/h1H,7H2,(H,9,10). The molecule has 0 aliphatic carbocycles. The Morgan fingerprint density at radius 1 is 1.55 bits per heavy atom. The van der Waals surface area contributed by atoms with Gasteiger partial charge in [0.2, 0.25) is 0 Å². The summed E-state index contributed by atoms with van der Waals surface area (Å²) in [4.78, 5) is 4.14. The highest BCUT2D eigenvalue weighted by Crippen LogP contribution is 2.23. The highest BCUT2D eigenvalue weighted by molar-refractivity contribution is 14.1. The van der Waals surface area contributed by atoms with Crippen molar-refractivity contribution in [2.45, 2.75) is 0 Å². The molecule has 0 spiro atoms. The van der Waals surface area contributed by atoms with Crippen LogP contribution in [0.2, 0.25) is 0 Å². The number of nitrogen functional groups attached to an aromatic ring is 1. The molecule has 0 atom stereocenters. The molecule has 0 fully saturated rings. The molecule has 56 valence electrons. The van der Waals surface area contributed by atoms with Gasteiger partial charge in [0, 0.05) is 0 Å². The van der Waals surface area contributed by atoms with E-state index in [4.69, 9.17) is 5.73 Å². The van der Waals surface area contributed by atoms with Gasteiger partial charge in [0.25, 0.3) is 0 Å². The summed E-state index contributed by atoms with van der Waals surface area (Å²) >= 11 is 2.11. The zero-order chi connectivity index (χ0) is 7.84. The summed E-state index contributed by atoms with van der Waals surface area (Å²) in [5.41, 5.74) is 7.02. The molecule has 2 heterocycles. The number of aromatic amines is 1. The van der Waals surface area contributed by atoms with Crippen LogP contribution in [0.25, 0.3) is 11.4 Å². The first-order valence-electron chi connectivity index (χ1n) is 2.90. The summed E-state index contributed by atoms with van der Waals surface area (Å²) in [5, 5.41) is 9.91. The molecule has 0 bridgehead atoms. The van der Waals surface area contributed by atoms with Crippen LogP contribution in [0.4, 0.5) is 5.82 Å². The molecule has 11 heavy (non-hydrogen) atoms. The lowest BCUT2D eigenvalue weighted by atomic mass is 10.3. The van der Waals surface area contributed by atoms with Gasteiger partial charge in [0.15, 0.2) is 5.82 Å². The number of nitrogens with zero attached hydrogens (tertiary/aromatic N) is 3. The SMILES string of the molecule is Nc1nn[nH]c2cc(I)nc1-2. The number of nitrogens with one attached hydrogen (secondary N) is 1. The number of anilines is 1. The van der Waals surface area contributed by atoms with Gasteiger partial charge in [-0.05, 0) is 28.7 Å². The highest BCUT2D eigenvalue weighted by Gasteiger charge is 2.11. The second kappa shape index (κ2) is 2.29. The van der Waals surface area contributed by atoms with Crippen LogP contribution in [0.3, 0.4) is 0 Å². The van der Waals surface area contributed by atoms with Gasteiger partial charge < -0.3 is 5.73 Å². The van der Waals surface area contributed by atoms with Gasteiger partial charge in [-0.3, -0.25) is 5.10 Å². The number of H-pyrrole nitrogens is 1. The third-order valence-electron chi connectivity index (χ3n) is 1.31. The molecule has 2 aliphatic rings. The smallest absolute Gasteiger partial charge is 0.176 e. The van der Waals surface area contributed by atoms with Crippen LogP contribution in [0.5, 0.6) is 0 Å². The average Bonchev–Trinajstić information content (AvgIpc) is 2.31. The molecule has 0 aromatic rings. The fraction of sp³-hybridized carbons (Fsp3) is 0. The molecular weight excluding hydrogens is 257 g/mol. The number of rotatable bonds is 0. The zero-order valence-corrected chi connectivity index (χ0v) is 7.53. The van der Waals surface area contributed by atoms with Crippen molar-refractivity contribution in [3.8, 4) is 11.4 Å². The van der Waals surface area contributed by atoms with Crippen LogP contribution in [0.15, 0.2) is 6.07 Å². The molecule has 0 saturated heterocycles. The lowest BCUT2D eigenvalue weighted by Crippen LogP contribution is -1.99. The fourth-order valence-corrected chi connectivity index (χ4v) is 1.40. The Morgan fingerprint density at radius 2 is 2.36 bits per heavy atom. The number of hydrogen-bond acceptors (Lipinski definition) is 4. The van der Waals surface area contributed by atoms with Crippen molar-refractivity contribution in [3.63, 3.8) is 0 Å². The van der Waals surface area contributed by atoms with Gasteiger partial charge >= 0.3 is 0 Å². The lowest BCUT2D eigenvalue weighted by Gasteiger charge is -1.95. The molecule has 5 nitrogen and oxygen atoms in total. The lowest BCUT2D eigenvalue weighted by molar-refractivity contribution is 0.875. The normalized spacial score (nSPS) is 10.6. The van der Waals surface area contributed by atoms with E-state index >= 15 is 0 Å². The summed E-state index contributed by atoms with van der Waals surface area (Å²) in [6.45, 7) is 0. The topological polar surface area (TPSA) is 80.5 Å². The summed E-state index contributed by atoms with van der Waals surface area (Å²) < 4.78 is 0.885. The van der Waals surface area contributed by atoms with Crippen molar-refractivity contribution < 1.29 is 0 Å². The quantitative estimate of drug-likeness (QED) is 0.676. The molecule has 2 rings (SSSR count). The maximum atomic E-state index is 5.51. The zero-order valence-electron chi connectivity index (χ0n) is 5.37. The average molecular weight is 261 g/mol. The summed E-state index contributed by atoms with van der Waals surface area (Å²) in [7, 11) is 0. The van der Waals surface area contributed by atoms with Crippen LogP contribution < -0.4 is 5.73 Å². The van der Waals surface area contributed by atoms with Gasteiger partial charge in [-0.1, -0.05) is 5.21 Å². The largest absolute Gasteiger partial charge is 0.380 e. The number of aromatic nitrogens is 4.